The maximum absolute atomic E-state index is 9.03. The number of hydrogen-bond donors (Lipinski definition) is 1. The van der Waals surface area contributed by atoms with Crippen molar-refractivity contribution in [2.75, 3.05) is 5.32 Å². The minimum absolute atomic E-state index is 0.0150. The summed E-state index contributed by atoms with van der Waals surface area (Å²) in [5.41, 5.74) is 4.56. The number of nitriles is 1. The molecule has 0 heterocycles. The smallest absolute Gasteiger partial charge is 0.0647 e. The predicted octanol–water partition coefficient (Wildman–Crippen LogP) is 5.13. The van der Waals surface area contributed by atoms with E-state index in [0.29, 0.717) is 6.42 Å². The maximum atomic E-state index is 9.03. The van der Waals surface area contributed by atoms with E-state index in [1.807, 2.05) is 30.3 Å². The van der Waals surface area contributed by atoms with Crippen LogP contribution >= 0.6 is 15.9 Å². The van der Waals surface area contributed by atoms with Crippen molar-refractivity contribution in [1.82, 2.24) is 0 Å². The Hall–Kier alpha value is -1.79. The zero-order valence-electron chi connectivity index (χ0n) is 11.7. The van der Waals surface area contributed by atoms with Crippen molar-refractivity contribution in [3.63, 3.8) is 0 Å². The lowest BCUT2D eigenvalue weighted by atomic mass is 10.0. The summed E-state index contributed by atoms with van der Waals surface area (Å²) >= 11 is 3.58. The van der Waals surface area contributed by atoms with E-state index in [4.69, 9.17) is 5.26 Å². The molecule has 0 spiro atoms. The van der Waals surface area contributed by atoms with Crippen molar-refractivity contribution >= 4 is 21.6 Å². The Kier molecular flexibility index (Phi) is 4.81. The third kappa shape index (κ3) is 3.40. The van der Waals surface area contributed by atoms with Crippen molar-refractivity contribution in [2.45, 2.75) is 26.3 Å². The predicted molar refractivity (Wildman–Crippen MR) is 86.7 cm³/mol. The molecule has 3 heteroatoms. The molecule has 1 atom stereocenters. The highest BCUT2D eigenvalue weighted by Crippen LogP contribution is 2.28. The number of nitrogens with one attached hydrogen (secondary N) is 1. The Labute approximate surface area is 128 Å². The summed E-state index contributed by atoms with van der Waals surface area (Å²) in [6.45, 7) is 4.15. The number of benzene rings is 2. The van der Waals surface area contributed by atoms with E-state index in [2.05, 4.69) is 53.3 Å². The molecule has 2 nitrogen and oxygen atoms in total. The molecule has 2 aromatic carbocycles. The summed E-state index contributed by atoms with van der Waals surface area (Å²) in [6, 6.07) is 16.6. The van der Waals surface area contributed by atoms with Crippen LogP contribution in [0, 0.1) is 25.2 Å². The fourth-order valence-corrected chi connectivity index (χ4v) is 2.49. The zero-order chi connectivity index (χ0) is 14.5. The Balaban J connectivity index is 2.28. The van der Waals surface area contributed by atoms with Gasteiger partial charge in [0.2, 0.25) is 0 Å². The van der Waals surface area contributed by atoms with Crippen LogP contribution in [0.2, 0.25) is 0 Å². The van der Waals surface area contributed by atoms with E-state index in [9.17, 15) is 0 Å². The SMILES string of the molecule is Cc1cc(NC(CC#N)c2ccccc2)cc(C)c1Br. The van der Waals surface area contributed by atoms with Crippen LogP contribution in [0.25, 0.3) is 0 Å². The van der Waals surface area contributed by atoms with Crippen LogP contribution in [-0.4, -0.2) is 0 Å². The van der Waals surface area contributed by atoms with Crippen molar-refractivity contribution in [1.29, 1.82) is 5.26 Å². The van der Waals surface area contributed by atoms with E-state index in [1.54, 1.807) is 0 Å². The Bertz CT molecular complexity index is 606. The van der Waals surface area contributed by atoms with Crippen LogP contribution in [-0.2, 0) is 0 Å². The Morgan fingerprint density at radius 2 is 1.75 bits per heavy atom. The minimum Gasteiger partial charge on any atom is -0.377 e. The summed E-state index contributed by atoms with van der Waals surface area (Å²) in [7, 11) is 0. The van der Waals surface area contributed by atoms with Gasteiger partial charge in [-0.1, -0.05) is 46.3 Å². The number of anilines is 1. The van der Waals surface area contributed by atoms with Gasteiger partial charge in [0.25, 0.3) is 0 Å². The zero-order valence-corrected chi connectivity index (χ0v) is 13.2. The molecule has 0 aliphatic rings. The first kappa shape index (κ1) is 14.6. The standard InChI is InChI=1S/C17H17BrN2/c1-12-10-15(11-13(2)17(12)18)20-16(8-9-19)14-6-4-3-5-7-14/h3-7,10-11,16,20H,8H2,1-2H3. The van der Waals surface area contributed by atoms with Crippen molar-refractivity contribution < 1.29 is 0 Å². The average Bonchev–Trinajstić information content (AvgIpc) is 2.45. The van der Waals surface area contributed by atoms with Gasteiger partial charge in [0, 0.05) is 10.2 Å². The van der Waals surface area contributed by atoms with Gasteiger partial charge < -0.3 is 5.32 Å². The molecule has 20 heavy (non-hydrogen) atoms. The van der Waals surface area contributed by atoms with E-state index < -0.39 is 0 Å². The number of rotatable bonds is 4. The van der Waals surface area contributed by atoms with E-state index in [0.717, 1.165) is 15.7 Å². The van der Waals surface area contributed by atoms with Gasteiger partial charge >= 0.3 is 0 Å². The fraction of sp³-hybridized carbons (Fsp3) is 0.235. The molecule has 1 N–H and O–H groups in total. The first-order chi connectivity index (χ1) is 9.61. The lowest BCUT2D eigenvalue weighted by Crippen LogP contribution is -2.10. The van der Waals surface area contributed by atoms with Gasteiger partial charge in [-0.15, -0.1) is 0 Å². The van der Waals surface area contributed by atoms with E-state index >= 15 is 0 Å². The number of halogens is 1. The van der Waals surface area contributed by atoms with E-state index in [-0.39, 0.29) is 6.04 Å². The van der Waals surface area contributed by atoms with Crippen LogP contribution in [0.3, 0.4) is 0 Å². The third-order valence-corrected chi connectivity index (χ3v) is 4.53. The molecule has 1 unspecified atom stereocenters. The molecule has 2 rings (SSSR count). The monoisotopic (exact) mass is 328 g/mol. The molecular weight excluding hydrogens is 312 g/mol. The summed E-state index contributed by atoms with van der Waals surface area (Å²) in [6.07, 6.45) is 0.443. The quantitative estimate of drug-likeness (QED) is 0.844. The second kappa shape index (κ2) is 6.58. The minimum atomic E-state index is 0.0150. The topological polar surface area (TPSA) is 35.8 Å². The van der Waals surface area contributed by atoms with Crippen LogP contribution in [0.1, 0.15) is 29.2 Å². The van der Waals surface area contributed by atoms with Gasteiger partial charge in [0.15, 0.2) is 0 Å². The second-order valence-corrected chi connectivity index (χ2v) is 5.69. The first-order valence-corrected chi connectivity index (χ1v) is 7.36. The molecular formula is C17H17BrN2. The molecule has 0 saturated carbocycles. The first-order valence-electron chi connectivity index (χ1n) is 6.57. The molecule has 2 aromatic rings. The normalized spacial score (nSPS) is 11.7. The summed E-state index contributed by atoms with van der Waals surface area (Å²) < 4.78 is 1.14. The third-order valence-electron chi connectivity index (χ3n) is 3.27. The van der Waals surface area contributed by atoms with Crippen molar-refractivity contribution in [3.05, 3.63) is 63.6 Å². The largest absolute Gasteiger partial charge is 0.377 e. The lowest BCUT2D eigenvalue weighted by Gasteiger charge is -2.19. The maximum Gasteiger partial charge on any atom is 0.0647 e. The van der Waals surface area contributed by atoms with Crippen LogP contribution in [0.15, 0.2) is 46.9 Å². The molecule has 0 aliphatic carbocycles. The van der Waals surface area contributed by atoms with E-state index in [1.165, 1.54) is 11.1 Å². The van der Waals surface area contributed by atoms with Crippen molar-refractivity contribution in [2.24, 2.45) is 0 Å². The highest BCUT2D eigenvalue weighted by Gasteiger charge is 2.11. The molecule has 102 valence electrons. The van der Waals surface area contributed by atoms with Gasteiger partial charge in [0.1, 0.15) is 0 Å². The highest BCUT2D eigenvalue weighted by molar-refractivity contribution is 9.10. The molecule has 0 aromatic heterocycles. The van der Waals surface area contributed by atoms with Crippen LogP contribution < -0.4 is 5.32 Å². The molecule has 0 amide bonds. The van der Waals surface area contributed by atoms with Gasteiger partial charge in [-0.25, -0.2) is 0 Å². The Morgan fingerprint density at radius 1 is 1.15 bits per heavy atom. The summed E-state index contributed by atoms with van der Waals surface area (Å²) in [5, 5.41) is 12.5. The number of aryl methyl sites for hydroxylation is 2. The van der Waals surface area contributed by atoms with Crippen LogP contribution in [0.5, 0.6) is 0 Å². The van der Waals surface area contributed by atoms with Gasteiger partial charge in [-0.2, -0.15) is 5.26 Å². The fourth-order valence-electron chi connectivity index (χ4n) is 2.26. The molecule has 0 bridgehead atoms. The summed E-state index contributed by atoms with van der Waals surface area (Å²) in [4.78, 5) is 0. The Morgan fingerprint density at radius 3 is 2.30 bits per heavy atom. The lowest BCUT2D eigenvalue weighted by molar-refractivity contribution is 0.805. The van der Waals surface area contributed by atoms with Gasteiger partial charge in [0.05, 0.1) is 18.5 Å². The molecule has 0 aliphatic heterocycles. The molecule has 0 fully saturated rings. The summed E-state index contributed by atoms with van der Waals surface area (Å²) in [5.74, 6) is 0. The average molecular weight is 329 g/mol. The van der Waals surface area contributed by atoms with Gasteiger partial charge in [-0.05, 0) is 42.7 Å². The molecule has 0 saturated heterocycles. The van der Waals surface area contributed by atoms with Crippen molar-refractivity contribution in [3.8, 4) is 6.07 Å². The second-order valence-electron chi connectivity index (χ2n) is 4.89. The van der Waals surface area contributed by atoms with Gasteiger partial charge in [-0.3, -0.25) is 0 Å². The van der Waals surface area contributed by atoms with Crippen LogP contribution in [0.4, 0.5) is 5.69 Å². The molecule has 0 radical (unpaired) electrons. The highest BCUT2D eigenvalue weighted by atomic mass is 79.9. The number of hydrogen-bond acceptors (Lipinski definition) is 2. The number of nitrogens with zero attached hydrogens (tertiary/aromatic N) is 1.